The molecule has 2 unspecified atom stereocenters. The average Bonchev–Trinajstić information content (AvgIpc) is 3.04. The number of carbonyl (C=O) groups is 4. The van der Waals surface area contributed by atoms with Crippen LogP contribution < -0.4 is 0 Å². The molecule has 0 aliphatic rings. The lowest BCUT2D eigenvalue weighted by molar-refractivity contribution is -0.143. The van der Waals surface area contributed by atoms with Crippen molar-refractivity contribution in [2.75, 3.05) is 6.16 Å². The molecule has 0 saturated heterocycles. The van der Waals surface area contributed by atoms with Gasteiger partial charge in [-0.05, 0) is 80.6 Å². The number of hydrogen-bond donors (Lipinski definition) is 0. The lowest BCUT2D eigenvalue weighted by Gasteiger charge is -2.34. The standard InChI is InChI=1S/C38H30Cl3F6O5P/c1-6-36(32(48)28-19(2)10-7-11-20(28)3,33(49)31-26(40)16-23(39)17-27(31)41)18-53(52,34(50)29-21(4)12-8-13-22(29)5)35(51)30-24(37(42,43)44)14-9-15-25(30)38(45,46)47/h7-17H,6,18H2,1-5H3. The van der Waals surface area contributed by atoms with Crippen molar-refractivity contribution < 1.29 is 50.1 Å². The number of benzene rings is 4. The molecule has 0 radical (unpaired) electrons. The molecule has 2 atom stereocenters. The third-order valence-electron chi connectivity index (χ3n) is 9.15. The van der Waals surface area contributed by atoms with E-state index < -0.39 is 98.0 Å². The van der Waals surface area contributed by atoms with E-state index >= 15 is 4.57 Å². The fraction of sp³-hybridized carbons (Fsp3) is 0.263. The quantitative estimate of drug-likeness (QED) is 0.0651. The van der Waals surface area contributed by atoms with Crippen LogP contribution in [0.4, 0.5) is 26.3 Å². The summed E-state index contributed by atoms with van der Waals surface area (Å²) in [5, 5.41) is -0.874. The molecule has 4 rings (SSSR count). The van der Waals surface area contributed by atoms with Gasteiger partial charge in [-0.3, -0.25) is 19.2 Å². The Bertz CT molecular complexity index is 2140. The minimum absolute atomic E-state index is 0.0470. The maximum Gasteiger partial charge on any atom is 0.417 e. The molecular weight excluding hydrogens is 788 g/mol. The second-order valence-corrected chi connectivity index (χ2v) is 16.5. The SMILES string of the molecule is CCC(CP(=O)(C(=O)c1c(C)cccc1C)C(=O)c1c(C(F)(F)F)cccc1C(F)(F)F)(C(=O)c1c(C)cccc1C)C(=O)c1c(Cl)cc(Cl)cc1Cl. The first-order chi connectivity index (χ1) is 24.4. The van der Waals surface area contributed by atoms with E-state index in [-0.39, 0.29) is 45.0 Å². The lowest BCUT2D eigenvalue weighted by Crippen LogP contribution is -2.44. The van der Waals surface area contributed by atoms with E-state index in [1.54, 1.807) is 6.07 Å². The molecule has 0 saturated carbocycles. The van der Waals surface area contributed by atoms with Gasteiger partial charge >= 0.3 is 12.4 Å². The number of hydrogen-bond acceptors (Lipinski definition) is 5. The maximum atomic E-state index is 15.7. The highest BCUT2D eigenvalue weighted by molar-refractivity contribution is 7.95. The van der Waals surface area contributed by atoms with Crippen molar-refractivity contribution in [2.45, 2.75) is 53.4 Å². The number of halogens is 9. The molecule has 5 nitrogen and oxygen atoms in total. The van der Waals surface area contributed by atoms with Gasteiger partial charge in [0.15, 0.2) is 11.6 Å². The number of rotatable bonds is 11. The van der Waals surface area contributed by atoms with Crippen molar-refractivity contribution in [2.24, 2.45) is 5.41 Å². The van der Waals surface area contributed by atoms with Crippen LogP contribution in [0.5, 0.6) is 0 Å². The van der Waals surface area contributed by atoms with Gasteiger partial charge in [0.05, 0.1) is 32.3 Å². The third kappa shape index (κ3) is 7.77. The summed E-state index contributed by atoms with van der Waals surface area (Å²) in [7, 11) is -5.98. The molecule has 4 aromatic carbocycles. The van der Waals surface area contributed by atoms with Crippen LogP contribution in [-0.2, 0) is 16.9 Å². The van der Waals surface area contributed by atoms with E-state index in [1.807, 2.05) is 0 Å². The Hall–Kier alpha value is -3.76. The normalized spacial score (nSPS) is 14.3. The van der Waals surface area contributed by atoms with Crippen molar-refractivity contribution in [1.29, 1.82) is 0 Å². The van der Waals surface area contributed by atoms with Gasteiger partial charge in [0.1, 0.15) is 5.41 Å². The number of alkyl halides is 6. The summed E-state index contributed by atoms with van der Waals surface area (Å²) < 4.78 is 103. The zero-order chi connectivity index (χ0) is 40.0. The zero-order valence-corrected chi connectivity index (χ0v) is 31.8. The van der Waals surface area contributed by atoms with E-state index in [2.05, 4.69) is 0 Å². The van der Waals surface area contributed by atoms with Crippen LogP contribution in [-0.4, -0.2) is 28.8 Å². The molecule has 4 aromatic rings. The van der Waals surface area contributed by atoms with Crippen LogP contribution in [0.2, 0.25) is 15.1 Å². The van der Waals surface area contributed by atoms with E-state index in [4.69, 9.17) is 34.8 Å². The summed E-state index contributed by atoms with van der Waals surface area (Å²) in [5.41, 5.74) is -13.5. The Balaban J connectivity index is 2.22. The van der Waals surface area contributed by atoms with Gasteiger partial charge in [-0.2, -0.15) is 26.3 Å². The summed E-state index contributed by atoms with van der Waals surface area (Å²) in [4.78, 5) is 59.3. The van der Waals surface area contributed by atoms with Crippen molar-refractivity contribution >= 4 is 64.6 Å². The van der Waals surface area contributed by atoms with E-state index in [1.165, 1.54) is 65.0 Å². The summed E-state index contributed by atoms with van der Waals surface area (Å²) in [6, 6.07) is 11.7. The van der Waals surface area contributed by atoms with Gasteiger partial charge in [0, 0.05) is 22.3 Å². The topological polar surface area (TPSA) is 85.3 Å². The predicted octanol–water partition coefficient (Wildman–Crippen LogP) is 12.4. The van der Waals surface area contributed by atoms with Gasteiger partial charge < -0.3 is 4.57 Å². The Kier molecular flexibility index (Phi) is 12.0. The number of carbonyl (C=O) groups excluding carboxylic acids is 4. The maximum absolute atomic E-state index is 15.7. The Morgan fingerprint density at radius 3 is 1.34 bits per heavy atom. The highest BCUT2D eigenvalue weighted by atomic mass is 35.5. The largest absolute Gasteiger partial charge is 0.417 e. The van der Waals surface area contributed by atoms with E-state index in [0.717, 1.165) is 12.1 Å². The molecule has 0 spiro atoms. The summed E-state index contributed by atoms with van der Waals surface area (Å²) in [6.07, 6.45) is -13.5. The van der Waals surface area contributed by atoms with Gasteiger partial charge in [-0.15, -0.1) is 0 Å². The third-order valence-corrected chi connectivity index (χ3v) is 12.7. The first-order valence-corrected chi connectivity index (χ1v) is 18.8. The molecule has 0 aliphatic carbocycles. The molecule has 0 aliphatic heterocycles. The molecule has 0 amide bonds. The molecule has 0 bridgehead atoms. The minimum Gasteiger partial charge on any atom is -0.307 e. The lowest BCUT2D eigenvalue weighted by atomic mass is 9.72. The first kappa shape index (κ1) is 42.0. The van der Waals surface area contributed by atoms with Crippen LogP contribution in [0.15, 0.2) is 66.7 Å². The fourth-order valence-corrected chi connectivity index (χ4v) is 10.5. The molecule has 0 fully saturated rings. The molecule has 0 N–H and O–H groups in total. The van der Waals surface area contributed by atoms with Crippen LogP contribution in [0.3, 0.4) is 0 Å². The van der Waals surface area contributed by atoms with Gasteiger partial charge in [0.2, 0.25) is 18.2 Å². The second-order valence-electron chi connectivity index (χ2n) is 12.6. The number of aryl methyl sites for hydroxylation is 4. The second kappa shape index (κ2) is 15.2. The molecule has 53 heavy (non-hydrogen) atoms. The smallest absolute Gasteiger partial charge is 0.307 e. The van der Waals surface area contributed by atoms with E-state index in [0.29, 0.717) is 6.07 Å². The van der Waals surface area contributed by atoms with Crippen molar-refractivity contribution in [3.8, 4) is 0 Å². The van der Waals surface area contributed by atoms with E-state index in [9.17, 15) is 45.5 Å². The van der Waals surface area contributed by atoms with Crippen LogP contribution in [0.1, 0.15) is 88.2 Å². The van der Waals surface area contributed by atoms with Crippen LogP contribution in [0.25, 0.3) is 0 Å². The minimum atomic E-state index is -5.98. The summed E-state index contributed by atoms with van der Waals surface area (Å²) >= 11 is 18.9. The van der Waals surface area contributed by atoms with Crippen LogP contribution in [0, 0.1) is 33.1 Å². The van der Waals surface area contributed by atoms with Crippen molar-refractivity contribution in [1.82, 2.24) is 0 Å². The van der Waals surface area contributed by atoms with Gasteiger partial charge in [-0.25, -0.2) is 0 Å². The van der Waals surface area contributed by atoms with Crippen molar-refractivity contribution in [3.05, 3.63) is 137 Å². The monoisotopic (exact) mass is 816 g/mol. The highest BCUT2D eigenvalue weighted by Crippen LogP contribution is 2.60. The Morgan fingerprint density at radius 1 is 0.585 bits per heavy atom. The molecule has 280 valence electrons. The highest BCUT2D eigenvalue weighted by Gasteiger charge is 2.57. The van der Waals surface area contributed by atoms with Crippen molar-refractivity contribution in [3.63, 3.8) is 0 Å². The number of Topliss-reactive ketones (excluding diaryl/α,β-unsaturated/α-hetero) is 2. The van der Waals surface area contributed by atoms with Crippen LogP contribution >= 0.6 is 41.9 Å². The predicted molar refractivity (Wildman–Crippen MR) is 192 cm³/mol. The van der Waals surface area contributed by atoms with Gasteiger partial charge in [-0.1, -0.05) is 84.2 Å². The molecule has 0 heterocycles. The fourth-order valence-electron chi connectivity index (χ4n) is 6.47. The zero-order valence-electron chi connectivity index (χ0n) is 28.7. The first-order valence-electron chi connectivity index (χ1n) is 15.8. The Morgan fingerprint density at radius 2 is 0.943 bits per heavy atom. The summed E-state index contributed by atoms with van der Waals surface area (Å²) in [6.45, 7) is 6.95. The molecule has 15 heteroatoms. The van der Waals surface area contributed by atoms with Gasteiger partial charge in [0.25, 0.3) is 0 Å². The molecule has 0 aromatic heterocycles. The molecular formula is C38H30Cl3F6O5P. The summed E-state index contributed by atoms with van der Waals surface area (Å²) in [5.74, 6) is -2.41. The number of ketones is 2. The Labute approximate surface area is 316 Å². The average molecular weight is 818 g/mol.